The van der Waals surface area contributed by atoms with Gasteiger partial charge in [-0.1, -0.05) is 25.9 Å². The van der Waals surface area contributed by atoms with Crippen LogP contribution in [-0.4, -0.2) is 21.4 Å². The Hall–Kier alpha value is -0.900. The van der Waals surface area contributed by atoms with Crippen LogP contribution in [0.3, 0.4) is 0 Å². The number of aliphatic hydroxyl groups excluding tert-OH is 1. The summed E-state index contributed by atoms with van der Waals surface area (Å²) in [6, 6.07) is 0. The number of rotatable bonds is 2. The van der Waals surface area contributed by atoms with Gasteiger partial charge in [-0.25, -0.2) is 0 Å². The van der Waals surface area contributed by atoms with Gasteiger partial charge in [0.25, 0.3) is 0 Å². The molecular formula is C10H18N2O2. The Labute approximate surface area is 84.3 Å². The lowest BCUT2D eigenvalue weighted by molar-refractivity contribution is 0.0845. The Morgan fingerprint density at radius 2 is 1.93 bits per heavy atom. The molecule has 0 aromatic carbocycles. The van der Waals surface area contributed by atoms with Crippen molar-refractivity contribution in [3.63, 3.8) is 0 Å². The maximum atomic E-state index is 9.68. The van der Waals surface area contributed by atoms with Gasteiger partial charge < -0.3 is 9.63 Å². The van der Waals surface area contributed by atoms with Gasteiger partial charge in [0, 0.05) is 0 Å². The SMILES string of the molecule is Cc1noc([C@@H]([C@H](C)O)C(C)(C)C)n1. The molecule has 0 aliphatic heterocycles. The van der Waals surface area contributed by atoms with Crippen LogP contribution in [0.4, 0.5) is 0 Å². The Bertz CT molecular complexity index is 299. The lowest BCUT2D eigenvalue weighted by Crippen LogP contribution is -2.28. The van der Waals surface area contributed by atoms with E-state index < -0.39 is 6.10 Å². The first-order valence-corrected chi connectivity index (χ1v) is 4.80. The number of hydrogen-bond acceptors (Lipinski definition) is 4. The lowest BCUT2D eigenvalue weighted by Gasteiger charge is -2.29. The van der Waals surface area contributed by atoms with Gasteiger partial charge in [0.05, 0.1) is 12.0 Å². The maximum Gasteiger partial charge on any atom is 0.232 e. The average molecular weight is 198 g/mol. The van der Waals surface area contributed by atoms with Crippen LogP contribution in [0, 0.1) is 12.3 Å². The zero-order valence-electron chi connectivity index (χ0n) is 9.40. The molecule has 0 bridgehead atoms. The molecule has 4 heteroatoms. The summed E-state index contributed by atoms with van der Waals surface area (Å²) in [5.74, 6) is 1.00. The van der Waals surface area contributed by atoms with Crippen LogP contribution in [0.5, 0.6) is 0 Å². The number of aliphatic hydroxyl groups is 1. The number of aryl methyl sites for hydroxylation is 1. The van der Waals surface area contributed by atoms with E-state index in [-0.39, 0.29) is 11.3 Å². The van der Waals surface area contributed by atoms with Crippen molar-refractivity contribution in [1.29, 1.82) is 0 Å². The molecule has 4 nitrogen and oxygen atoms in total. The molecule has 0 fully saturated rings. The van der Waals surface area contributed by atoms with Crippen molar-refractivity contribution in [3.8, 4) is 0 Å². The van der Waals surface area contributed by atoms with Crippen LogP contribution in [-0.2, 0) is 0 Å². The zero-order valence-corrected chi connectivity index (χ0v) is 9.40. The molecule has 0 unspecified atom stereocenters. The molecule has 1 aromatic rings. The van der Waals surface area contributed by atoms with Gasteiger partial charge in [0.2, 0.25) is 5.89 Å². The van der Waals surface area contributed by atoms with Crippen molar-refractivity contribution in [3.05, 3.63) is 11.7 Å². The van der Waals surface area contributed by atoms with E-state index in [4.69, 9.17) is 4.52 Å². The van der Waals surface area contributed by atoms with Crippen molar-refractivity contribution < 1.29 is 9.63 Å². The molecule has 0 saturated heterocycles. The van der Waals surface area contributed by atoms with E-state index in [1.54, 1.807) is 13.8 Å². The third kappa shape index (κ3) is 2.32. The van der Waals surface area contributed by atoms with Crippen LogP contribution in [0.1, 0.15) is 45.3 Å². The molecule has 80 valence electrons. The quantitative estimate of drug-likeness (QED) is 0.788. The van der Waals surface area contributed by atoms with Crippen molar-refractivity contribution in [2.45, 2.75) is 46.6 Å². The first-order chi connectivity index (χ1) is 6.32. The number of aromatic nitrogens is 2. The molecule has 0 spiro atoms. The number of hydrogen-bond donors (Lipinski definition) is 1. The Kier molecular flexibility index (Phi) is 2.95. The van der Waals surface area contributed by atoms with E-state index in [0.717, 1.165) is 0 Å². The highest BCUT2D eigenvalue weighted by atomic mass is 16.5. The minimum Gasteiger partial charge on any atom is -0.393 e. The molecule has 1 heterocycles. The topological polar surface area (TPSA) is 59.2 Å². The molecule has 0 saturated carbocycles. The zero-order chi connectivity index (χ0) is 10.9. The fourth-order valence-electron chi connectivity index (χ4n) is 1.74. The van der Waals surface area contributed by atoms with Gasteiger partial charge in [-0.2, -0.15) is 4.98 Å². The minimum absolute atomic E-state index is 0.0901. The van der Waals surface area contributed by atoms with Crippen LogP contribution in [0.15, 0.2) is 4.52 Å². The molecule has 1 rings (SSSR count). The van der Waals surface area contributed by atoms with E-state index in [1.807, 2.05) is 20.8 Å². The Balaban J connectivity index is 3.01. The van der Waals surface area contributed by atoms with Crippen LogP contribution in [0.2, 0.25) is 0 Å². The molecule has 0 aliphatic carbocycles. The van der Waals surface area contributed by atoms with Crippen molar-refractivity contribution in [1.82, 2.24) is 10.1 Å². The molecular weight excluding hydrogens is 180 g/mol. The van der Waals surface area contributed by atoms with E-state index in [0.29, 0.717) is 11.7 Å². The third-order valence-electron chi connectivity index (χ3n) is 2.22. The van der Waals surface area contributed by atoms with Gasteiger partial charge in [0.1, 0.15) is 0 Å². The second-order valence-corrected chi connectivity index (χ2v) is 4.76. The molecule has 0 aliphatic rings. The molecule has 0 amide bonds. The summed E-state index contributed by atoms with van der Waals surface area (Å²) in [4.78, 5) is 4.16. The monoisotopic (exact) mass is 198 g/mol. The third-order valence-corrected chi connectivity index (χ3v) is 2.22. The van der Waals surface area contributed by atoms with Crippen molar-refractivity contribution >= 4 is 0 Å². The summed E-state index contributed by atoms with van der Waals surface area (Å²) >= 11 is 0. The second-order valence-electron chi connectivity index (χ2n) is 4.76. The maximum absolute atomic E-state index is 9.68. The number of nitrogens with zero attached hydrogens (tertiary/aromatic N) is 2. The molecule has 1 aromatic heterocycles. The summed E-state index contributed by atoms with van der Waals surface area (Å²) in [7, 11) is 0. The minimum atomic E-state index is -0.491. The smallest absolute Gasteiger partial charge is 0.232 e. The summed E-state index contributed by atoms with van der Waals surface area (Å²) < 4.78 is 5.09. The van der Waals surface area contributed by atoms with E-state index in [9.17, 15) is 5.11 Å². The highest BCUT2D eigenvalue weighted by Crippen LogP contribution is 2.36. The van der Waals surface area contributed by atoms with Gasteiger partial charge in [-0.3, -0.25) is 0 Å². The fraction of sp³-hybridized carbons (Fsp3) is 0.800. The Morgan fingerprint density at radius 1 is 1.36 bits per heavy atom. The largest absolute Gasteiger partial charge is 0.393 e. The normalized spacial score (nSPS) is 16.7. The summed E-state index contributed by atoms with van der Waals surface area (Å²) in [6.45, 7) is 9.65. The first-order valence-electron chi connectivity index (χ1n) is 4.80. The first kappa shape index (κ1) is 11.2. The average Bonchev–Trinajstić information content (AvgIpc) is 2.31. The summed E-state index contributed by atoms with van der Waals surface area (Å²) in [5, 5.41) is 13.4. The summed E-state index contributed by atoms with van der Waals surface area (Å²) in [6.07, 6.45) is -0.491. The fourth-order valence-corrected chi connectivity index (χ4v) is 1.74. The lowest BCUT2D eigenvalue weighted by atomic mass is 9.77. The summed E-state index contributed by atoms with van der Waals surface area (Å²) in [5.41, 5.74) is -0.0901. The molecule has 1 N–H and O–H groups in total. The van der Waals surface area contributed by atoms with Gasteiger partial charge in [-0.05, 0) is 19.3 Å². The van der Waals surface area contributed by atoms with E-state index >= 15 is 0 Å². The van der Waals surface area contributed by atoms with Gasteiger partial charge in [0.15, 0.2) is 5.82 Å². The van der Waals surface area contributed by atoms with Crippen molar-refractivity contribution in [2.75, 3.05) is 0 Å². The molecule has 14 heavy (non-hydrogen) atoms. The van der Waals surface area contributed by atoms with Gasteiger partial charge >= 0.3 is 0 Å². The predicted molar refractivity (Wildman–Crippen MR) is 52.9 cm³/mol. The van der Waals surface area contributed by atoms with E-state index in [1.165, 1.54) is 0 Å². The van der Waals surface area contributed by atoms with Crippen LogP contribution < -0.4 is 0 Å². The van der Waals surface area contributed by atoms with Crippen LogP contribution in [0.25, 0.3) is 0 Å². The molecule has 0 radical (unpaired) electrons. The highest BCUT2D eigenvalue weighted by molar-refractivity contribution is 5.01. The predicted octanol–water partition coefficient (Wildman–Crippen LogP) is 1.89. The standard InChI is InChI=1S/C10H18N2O2/c1-6(13)8(10(3,4)5)9-11-7(2)12-14-9/h6,8,13H,1-5H3/t6-,8+/m0/s1. The molecule has 2 atom stereocenters. The highest BCUT2D eigenvalue weighted by Gasteiger charge is 2.34. The van der Waals surface area contributed by atoms with E-state index in [2.05, 4.69) is 10.1 Å². The van der Waals surface area contributed by atoms with Crippen LogP contribution >= 0.6 is 0 Å². The van der Waals surface area contributed by atoms with Crippen molar-refractivity contribution in [2.24, 2.45) is 5.41 Å². The second kappa shape index (κ2) is 3.69. The van der Waals surface area contributed by atoms with Gasteiger partial charge in [-0.15, -0.1) is 0 Å². The Morgan fingerprint density at radius 3 is 2.21 bits per heavy atom.